The minimum absolute atomic E-state index is 0.508. The van der Waals surface area contributed by atoms with Crippen molar-refractivity contribution in [1.29, 1.82) is 0 Å². The van der Waals surface area contributed by atoms with Crippen LogP contribution in [0.15, 0.2) is 42.7 Å². The van der Waals surface area contributed by atoms with Crippen LogP contribution in [-0.4, -0.2) is 29.1 Å². The van der Waals surface area contributed by atoms with Crippen LogP contribution in [0.3, 0.4) is 0 Å². The molecular weight excluding hydrogens is 232 g/mol. The van der Waals surface area contributed by atoms with Gasteiger partial charge in [0.15, 0.2) is 0 Å². The van der Waals surface area contributed by atoms with Crippen LogP contribution in [0.1, 0.15) is 38.7 Å². The Morgan fingerprint density at radius 1 is 0.895 bits per heavy atom. The maximum absolute atomic E-state index is 2.51. The Morgan fingerprint density at radius 3 is 2.21 bits per heavy atom. The van der Waals surface area contributed by atoms with E-state index >= 15 is 0 Å². The second-order valence-electron chi connectivity index (χ2n) is 5.30. The average Bonchev–Trinajstić information content (AvgIpc) is 2.81. The van der Waals surface area contributed by atoms with Crippen molar-refractivity contribution in [1.82, 2.24) is 9.80 Å². The molecule has 19 heavy (non-hydrogen) atoms. The molecule has 1 atom stereocenters. The maximum Gasteiger partial charge on any atom is 0.105 e. The smallest absolute Gasteiger partial charge is 0.105 e. The van der Waals surface area contributed by atoms with Gasteiger partial charge in [-0.2, -0.15) is 0 Å². The SMILES string of the molecule is CCCCN1C=CN(CCC)C1Cc1ccccc1. The van der Waals surface area contributed by atoms with E-state index in [9.17, 15) is 0 Å². The first kappa shape index (κ1) is 14.0. The summed E-state index contributed by atoms with van der Waals surface area (Å²) in [6.07, 6.45) is 9.90. The maximum atomic E-state index is 2.51. The fourth-order valence-corrected chi connectivity index (χ4v) is 2.67. The molecule has 0 fully saturated rings. The van der Waals surface area contributed by atoms with Gasteiger partial charge >= 0.3 is 0 Å². The van der Waals surface area contributed by atoms with E-state index in [-0.39, 0.29) is 0 Å². The summed E-state index contributed by atoms with van der Waals surface area (Å²) in [6, 6.07) is 10.8. The van der Waals surface area contributed by atoms with Crippen LogP contribution in [0.25, 0.3) is 0 Å². The molecule has 1 aliphatic heterocycles. The van der Waals surface area contributed by atoms with E-state index in [0.717, 1.165) is 13.0 Å². The Labute approximate surface area is 117 Å². The molecule has 0 saturated carbocycles. The predicted molar refractivity (Wildman–Crippen MR) is 81.7 cm³/mol. The Morgan fingerprint density at radius 2 is 1.58 bits per heavy atom. The summed E-state index contributed by atoms with van der Waals surface area (Å²) in [4.78, 5) is 4.99. The number of hydrogen-bond acceptors (Lipinski definition) is 2. The van der Waals surface area contributed by atoms with E-state index in [1.165, 1.54) is 31.4 Å². The Hall–Kier alpha value is -1.44. The Bertz CT molecular complexity index is 386. The van der Waals surface area contributed by atoms with Crippen molar-refractivity contribution in [2.75, 3.05) is 13.1 Å². The molecule has 1 heterocycles. The summed E-state index contributed by atoms with van der Waals surface area (Å²) in [5, 5.41) is 0. The number of rotatable bonds is 7. The molecule has 2 nitrogen and oxygen atoms in total. The summed E-state index contributed by atoms with van der Waals surface area (Å²) < 4.78 is 0. The third-order valence-corrected chi connectivity index (χ3v) is 3.73. The van der Waals surface area contributed by atoms with Crippen LogP contribution in [-0.2, 0) is 6.42 Å². The first-order valence-electron chi connectivity index (χ1n) is 7.59. The molecule has 0 bridgehead atoms. The van der Waals surface area contributed by atoms with Crippen LogP contribution in [0.2, 0.25) is 0 Å². The summed E-state index contributed by atoms with van der Waals surface area (Å²) in [6.45, 7) is 6.83. The highest BCUT2D eigenvalue weighted by atomic mass is 15.4. The largest absolute Gasteiger partial charge is 0.356 e. The fourth-order valence-electron chi connectivity index (χ4n) is 2.67. The molecule has 0 aliphatic carbocycles. The van der Waals surface area contributed by atoms with E-state index in [0.29, 0.717) is 6.17 Å². The summed E-state index contributed by atoms with van der Waals surface area (Å²) in [7, 11) is 0. The van der Waals surface area contributed by atoms with Crippen molar-refractivity contribution in [3.05, 3.63) is 48.3 Å². The molecule has 1 aromatic rings. The number of hydrogen-bond donors (Lipinski definition) is 0. The molecule has 0 spiro atoms. The third kappa shape index (κ3) is 3.76. The predicted octanol–water partition coefficient (Wildman–Crippen LogP) is 3.85. The van der Waals surface area contributed by atoms with Gasteiger partial charge in [0.1, 0.15) is 6.17 Å². The lowest BCUT2D eigenvalue weighted by Crippen LogP contribution is -2.41. The fraction of sp³-hybridized carbons (Fsp3) is 0.529. The molecule has 0 radical (unpaired) electrons. The lowest BCUT2D eigenvalue weighted by atomic mass is 10.1. The number of unbranched alkanes of at least 4 members (excludes halogenated alkanes) is 1. The van der Waals surface area contributed by atoms with Gasteiger partial charge in [0.05, 0.1) is 0 Å². The molecule has 2 rings (SSSR count). The summed E-state index contributed by atoms with van der Waals surface area (Å²) in [5.41, 5.74) is 1.43. The van der Waals surface area contributed by atoms with Crippen molar-refractivity contribution < 1.29 is 0 Å². The van der Waals surface area contributed by atoms with E-state index in [1.54, 1.807) is 0 Å². The highest BCUT2D eigenvalue weighted by Gasteiger charge is 2.25. The van der Waals surface area contributed by atoms with Crippen LogP contribution in [0.4, 0.5) is 0 Å². The second kappa shape index (κ2) is 7.22. The number of nitrogens with zero attached hydrogens (tertiary/aromatic N) is 2. The van der Waals surface area contributed by atoms with E-state index < -0.39 is 0 Å². The first-order valence-corrected chi connectivity index (χ1v) is 7.59. The molecule has 2 heteroatoms. The van der Waals surface area contributed by atoms with Crippen LogP contribution in [0.5, 0.6) is 0 Å². The molecule has 0 saturated heterocycles. The van der Waals surface area contributed by atoms with Gasteiger partial charge in [0, 0.05) is 31.9 Å². The van der Waals surface area contributed by atoms with Gasteiger partial charge in [-0.05, 0) is 18.4 Å². The van der Waals surface area contributed by atoms with Gasteiger partial charge < -0.3 is 9.80 Å². The van der Waals surface area contributed by atoms with Crippen molar-refractivity contribution >= 4 is 0 Å². The van der Waals surface area contributed by atoms with Gasteiger partial charge in [-0.3, -0.25) is 0 Å². The minimum atomic E-state index is 0.508. The normalized spacial score (nSPS) is 18.3. The standard InChI is InChI=1S/C17H26N2/c1-3-5-12-19-14-13-18(11-4-2)17(19)15-16-9-7-6-8-10-16/h6-10,13-14,17H,3-5,11-12,15H2,1-2H3. The van der Waals surface area contributed by atoms with E-state index in [1.807, 2.05) is 0 Å². The van der Waals surface area contributed by atoms with Crippen LogP contribution >= 0.6 is 0 Å². The highest BCUT2D eigenvalue weighted by molar-refractivity contribution is 5.17. The monoisotopic (exact) mass is 258 g/mol. The van der Waals surface area contributed by atoms with E-state index in [4.69, 9.17) is 0 Å². The topological polar surface area (TPSA) is 6.48 Å². The quantitative estimate of drug-likeness (QED) is 0.733. The number of benzene rings is 1. The lowest BCUT2D eigenvalue weighted by Gasteiger charge is -2.33. The average molecular weight is 258 g/mol. The zero-order chi connectivity index (χ0) is 13.5. The second-order valence-corrected chi connectivity index (χ2v) is 5.30. The van der Waals surface area contributed by atoms with Crippen LogP contribution < -0.4 is 0 Å². The molecule has 1 aliphatic rings. The molecular formula is C17H26N2. The van der Waals surface area contributed by atoms with Crippen molar-refractivity contribution in [3.63, 3.8) is 0 Å². The zero-order valence-electron chi connectivity index (χ0n) is 12.3. The minimum Gasteiger partial charge on any atom is -0.356 e. The summed E-state index contributed by atoms with van der Waals surface area (Å²) >= 11 is 0. The lowest BCUT2D eigenvalue weighted by molar-refractivity contribution is 0.150. The highest BCUT2D eigenvalue weighted by Crippen LogP contribution is 2.21. The molecule has 1 unspecified atom stereocenters. The molecule has 104 valence electrons. The molecule has 0 N–H and O–H groups in total. The van der Waals surface area contributed by atoms with Gasteiger partial charge in [0.25, 0.3) is 0 Å². The molecule has 1 aromatic carbocycles. The first-order chi connectivity index (χ1) is 9.35. The van der Waals surface area contributed by atoms with Crippen molar-refractivity contribution in [2.24, 2.45) is 0 Å². The van der Waals surface area contributed by atoms with Gasteiger partial charge in [-0.25, -0.2) is 0 Å². The van der Waals surface area contributed by atoms with Gasteiger partial charge in [-0.15, -0.1) is 0 Å². The summed E-state index contributed by atoms with van der Waals surface area (Å²) in [5.74, 6) is 0. The van der Waals surface area contributed by atoms with Crippen LogP contribution in [0, 0.1) is 0 Å². The Kier molecular flexibility index (Phi) is 5.31. The molecule has 0 aromatic heterocycles. The van der Waals surface area contributed by atoms with Gasteiger partial charge in [-0.1, -0.05) is 50.6 Å². The third-order valence-electron chi connectivity index (χ3n) is 3.73. The van der Waals surface area contributed by atoms with Crippen molar-refractivity contribution in [3.8, 4) is 0 Å². The van der Waals surface area contributed by atoms with Gasteiger partial charge in [0.2, 0.25) is 0 Å². The zero-order valence-corrected chi connectivity index (χ0v) is 12.3. The van der Waals surface area contributed by atoms with Crippen molar-refractivity contribution in [2.45, 2.75) is 45.7 Å². The van der Waals surface area contributed by atoms with E-state index in [2.05, 4.69) is 66.4 Å². The Balaban J connectivity index is 2.02. The molecule has 0 amide bonds.